The Morgan fingerprint density at radius 2 is 1.96 bits per heavy atom. The number of thiophene rings is 1. The highest BCUT2D eigenvalue weighted by Crippen LogP contribution is 2.23. The van der Waals surface area contributed by atoms with Crippen molar-refractivity contribution in [3.05, 3.63) is 41.2 Å². The lowest BCUT2D eigenvalue weighted by atomic mass is 10.0. The average Bonchev–Trinajstić information content (AvgIpc) is 3.34. The van der Waals surface area contributed by atoms with Crippen molar-refractivity contribution in [2.24, 2.45) is 5.92 Å². The number of rotatable bonds is 7. The number of nitrogens with one attached hydrogen (secondary N) is 2. The Balaban J connectivity index is 1.54. The van der Waals surface area contributed by atoms with Gasteiger partial charge in [-0.2, -0.15) is 0 Å². The fourth-order valence-electron chi connectivity index (χ4n) is 3.09. The molecule has 27 heavy (non-hydrogen) atoms. The molecule has 0 aromatic carbocycles. The minimum Gasteiger partial charge on any atom is -0.459 e. The van der Waals surface area contributed by atoms with Crippen molar-refractivity contribution in [3.8, 4) is 0 Å². The summed E-state index contributed by atoms with van der Waals surface area (Å²) in [7, 11) is 0. The van der Waals surface area contributed by atoms with E-state index in [4.69, 9.17) is 9.15 Å². The molecule has 0 saturated carbocycles. The molecule has 1 atom stereocenters. The Morgan fingerprint density at radius 1 is 1.19 bits per heavy atom. The summed E-state index contributed by atoms with van der Waals surface area (Å²) in [6.07, 6.45) is 1.45. The van der Waals surface area contributed by atoms with Crippen LogP contribution < -0.4 is 10.6 Å². The predicted molar refractivity (Wildman–Crippen MR) is 104 cm³/mol. The van der Waals surface area contributed by atoms with Crippen LogP contribution in [0.15, 0.2) is 34.9 Å². The zero-order chi connectivity index (χ0) is 19.2. The smallest absolute Gasteiger partial charge is 0.291 e. The quantitative estimate of drug-likeness (QED) is 0.758. The van der Waals surface area contributed by atoms with Crippen molar-refractivity contribution in [1.29, 1.82) is 0 Å². The molecule has 2 aromatic heterocycles. The second-order valence-corrected chi connectivity index (χ2v) is 7.85. The molecule has 7 nitrogen and oxygen atoms in total. The molecule has 1 unspecified atom stereocenters. The van der Waals surface area contributed by atoms with Crippen molar-refractivity contribution < 1.29 is 18.7 Å². The topological polar surface area (TPSA) is 83.8 Å². The summed E-state index contributed by atoms with van der Waals surface area (Å²) in [4.78, 5) is 27.4. The fourth-order valence-corrected chi connectivity index (χ4v) is 3.91. The van der Waals surface area contributed by atoms with E-state index in [9.17, 15) is 9.59 Å². The molecule has 3 rings (SSSR count). The average molecular weight is 391 g/mol. The Hall–Kier alpha value is -2.16. The number of carbonyl (C=O) groups excluding carboxylic acids is 2. The van der Waals surface area contributed by atoms with Crippen molar-refractivity contribution in [2.75, 3.05) is 38.2 Å². The van der Waals surface area contributed by atoms with E-state index in [-0.39, 0.29) is 23.6 Å². The molecule has 146 valence electrons. The van der Waals surface area contributed by atoms with Crippen LogP contribution in [0.3, 0.4) is 0 Å². The Morgan fingerprint density at radius 3 is 2.63 bits per heavy atom. The monoisotopic (exact) mass is 391 g/mol. The highest BCUT2D eigenvalue weighted by Gasteiger charge is 2.24. The number of carbonyl (C=O) groups is 2. The first-order valence-corrected chi connectivity index (χ1v) is 9.91. The molecule has 0 bridgehead atoms. The fraction of sp³-hybridized carbons (Fsp3) is 0.474. The number of hydrogen-bond donors (Lipinski definition) is 2. The molecule has 8 heteroatoms. The third-order valence-corrected chi connectivity index (χ3v) is 5.57. The maximum atomic E-state index is 12.5. The number of morpholine rings is 1. The molecular formula is C19H25N3O4S. The largest absolute Gasteiger partial charge is 0.459 e. The molecule has 0 aliphatic carbocycles. The summed E-state index contributed by atoms with van der Waals surface area (Å²) < 4.78 is 10.5. The number of nitrogens with zero attached hydrogens (tertiary/aromatic N) is 1. The Labute approximate surface area is 162 Å². The van der Waals surface area contributed by atoms with Crippen molar-refractivity contribution >= 4 is 28.2 Å². The van der Waals surface area contributed by atoms with E-state index in [0.717, 1.165) is 26.3 Å². The van der Waals surface area contributed by atoms with Gasteiger partial charge in [-0.15, -0.1) is 11.3 Å². The first-order chi connectivity index (χ1) is 13.0. The van der Waals surface area contributed by atoms with E-state index >= 15 is 0 Å². The van der Waals surface area contributed by atoms with Gasteiger partial charge in [-0.05, 0) is 30.2 Å². The normalized spacial score (nSPS) is 16.3. The van der Waals surface area contributed by atoms with E-state index in [0.29, 0.717) is 22.3 Å². The van der Waals surface area contributed by atoms with Crippen LogP contribution in [-0.4, -0.2) is 55.6 Å². The third kappa shape index (κ3) is 5.18. The first kappa shape index (κ1) is 19.6. The van der Waals surface area contributed by atoms with Gasteiger partial charge >= 0.3 is 0 Å². The number of ether oxygens (including phenoxy) is 1. The van der Waals surface area contributed by atoms with Crippen LogP contribution in [0.5, 0.6) is 0 Å². The lowest BCUT2D eigenvalue weighted by Gasteiger charge is -2.36. The van der Waals surface area contributed by atoms with Gasteiger partial charge in [0.1, 0.15) is 0 Å². The molecule has 1 fully saturated rings. The van der Waals surface area contributed by atoms with Crippen molar-refractivity contribution in [1.82, 2.24) is 10.2 Å². The molecule has 1 aliphatic rings. The van der Waals surface area contributed by atoms with Gasteiger partial charge in [0.05, 0.1) is 29.4 Å². The summed E-state index contributed by atoms with van der Waals surface area (Å²) in [6.45, 7) is 8.17. The van der Waals surface area contributed by atoms with Gasteiger partial charge in [-0.25, -0.2) is 0 Å². The van der Waals surface area contributed by atoms with Crippen LogP contribution in [0.4, 0.5) is 5.00 Å². The summed E-state index contributed by atoms with van der Waals surface area (Å²) in [5.74, 6) is 0.202. The predicted octanol–water partition coefficient (Wildman–Crippen LogP) is 2.68. The van der Waals surface area contributed by atoms with Crippen molar-refractivity contribution in [2.45, 2.75) is 19.9 Å². The highest BCUT2D eigenvalue weighted by molar-refractivity contribution is 7.18. The molecule has 1 aliphatic heterocycles. The summed E-state index contributed by atoms with van der Waals surface area (Å²) in [5, 5.41) is 6.37. The Kier molecular flexibility index (Phi) is 6.65. The molecule has 2 aromatic rings. The van der Waals surface area contributed by atoms with Crippen LogP contribution in [0.2, 0.25) is 0 Å². The first-order valence-electron chi connectivity index (χ1n) is 9.09. The molecule has 2 N–H and O–H groups in total. The highest BCUT2D eigenvalue weighted by atomic mass is 32.1. The number of anilines is 1. The van der Waals surface area contributed by atoms with Crippen LogP contribution in [0.25, 0.3) is 0 Å². The summed E-state index contributed by atoms with van der Waals surface area (Å²) in [5.41, 5.74) is 0. The number of furan rings is 1. The lowest BCUT2D eigenvalue weighted by molar-refractivity contribution is 0.00674. The van der Waals surface area contributed by atoms with Crippen LogP contribution in [-0.2, 0) is 4.74 Å². The van der Waals surface area contributed by atoms with E-state index in [1.165, 1.54) is 17.6 Å². The minimum absolute atomic E-state index is 0.127. The van der Waals surface area contributed by atoms with E-state index in [1.807, 2.05) is 0 Å². The lowest BCUT2D eigenvalue weighted by Crippen LogP contribution is -2.51. The van der Waals surface area contributed by atoms with Gasteiger partial charge in [0.15, 0.2) is 5.76 Å². The van der Waals surface area contributed by atoms with E-state index in [1.54, 1.807) is 24.3 Å². The maximum Gasteiger partial charge on any atom is 0.291 e. The zero-order valence-corrected chi connectivity index (χ0v) is 16.4. The number of hydrogen-bond acceptors (Lipinski definition) is 6. The maximum absolute atomic E-state index is 12.5. The molecule has 0 radical (unpaired) electrons. The van der Waals surface area contributed by atoms with Crippen LogP contribution in [0, 0.1) is 5.92 Å². The molecule has 0 spiro atoms. The second-order valence-electron chi connectivity index (χ2n) is 6.77. The molecule has 1 saturated heterocycles. The molecule has 2 amide bonds. The third-order valence-electron chi connectivity index (χ3n) is 4.57. The van der Waals surface area contributed by atoms with Gasteiger partial charge in [-0.1, -0.05) is 13.8 Å². The van der Waals surface area contributed by atoms with Gasteiger partial charge in [0.25, 0.3) is 11.8 Å². The van der Waals surface area contributed by atoms with E-state index < -0.39 is 0 Å². The van der Waals surface area contributed by atoms with Gasteiger partial charge in [0, 0.05) is 25.7 Å². The van der Waals surface area contributed by atoms with Gasteiger partial charge in [0.2, 0.25) is 0 Å². The zero-order valence-electron chi connectivity index (χ0n) is 15.6. The standard InChI is InChI=1S/C19H25N3O4S/c1-13(2)14(22-7-10-25-11-8-22)12-20-19(24)16-5-6-17(27-16)21-18(23)15-4-3-9-26-15/h3-6,9,13-14H,7-8,10-12H2,1-2H3,(H,20,24)(H,21,23). The summed E-state index contributed by atoms with van der Waals surface area (Å²) in [6, 6.07) is 6.96. The van der Waals surface area contributed by atoms with Gasteiger partial charge in [-0.3, -0.25) is 14.5 Å². The van der Waals surface area contributed by atoms with Crippen LogP contribution >= 0.6 is 11.3 Å². The second kappa shape index (κ2) is 9.16. The summed E-state index contributed by atoms with van der Waals surface area (Å²) >= 11 is 1.24. The molecular weight excluding hydrogens is 366 g/mol. The SMILES string of the molecule is CC(C)C(CNC(=O)c1ccc(NC(=O)c2ccco2)s1)N1CCOCC1. The number of amides is 2. The Bertz CT molecular complexity index is 751. The van der Waals surface area contributed by atoms with Crippen LogP contribution in [0.1, 0.15) is 34.1 Å². The molecule has 3 heterocycles. The van der Waals surface area contributed by atoms with E-state index in [2.05, 4.69) is 29.4 Å². The van der Waals surface area contributed by atoms with Gasteiger partial charge < -0.3 is 19.8 Å². The van der Waals surface area contributed by atoms with Crippen molar-refractivity contribution in [3.63, 3.8) is 0 Å². The minimum atomic E-state index is -0.332.